The minimum atomic E-state index is -0.676. The van der Waals surface area contributed by atoms with Gasteiger partial charge in [-0.25, -0.2) is 0 Å². The normalized spacial score (nSPS) is 16.0. The Kier molecular flexibility index (Phi) is 9.83. The van der Waals surface area contributed by atoms with Gasteiger partial charge in [-0.05, 0) is 72.2 Å². The molecule has 2 aliphatic rings. The van der Waals surface area contributed by atoms with Crippen LogP contribution in [0.15, 0.2) is 94.4 Å². The van der Waals surface area contributed by atoms with Gasteiger partial charge in [-0.3, -0.25) is 9.59 Å². The lowest BCUT2D eigenvalue weighted by molar-refractivity contribution is -0.113. The second-order valence-electron chi connectivity index (χ2n) is 13.6. The molecular weight excluding hydrogens is 693 g/mol. The zero-order valence-corrected chi connectivity index (χ0v) is 31.4. The molecule has 0 saturated carbocycles. The average Bonchev–Trinajstić information content (AvgIpc) is 3.08. The molecule has 2 aliphatic carbocycles. The maximum atomic E-state index is 13.9. The molecule has 52 heavy (non-hydrogen) atoms. The monoisotopic (exact) mass is 732 g/mol. The van der Waals surface area contributed by atoms with E-state index < -0.39 is 23.1 Å². The Balaban J connectivity index is 1.64. The molecule has 0 unspecified atom stereocenters. The van der Waals surface area contributed by atoms with Crippen molar-refractivity contribution in [3.05, 3.63) is 118 Å². The highest BCUT2D eigenvalue weighted by molar-refractivity contribution is 7.80. The summed E-state index contributed by atoms with van der Waals surface area (Å²) >= 11 is 9.01. The van der Waals surface area contributed by atoms with Crippen molar-refractivity contribution >= 4 is 70.5 Å². The Morgan fingerprint density at radius 3 is 1.25 bits per heavy atom. The zero-order valence-electron chi connectivity index (χ0n) is 29.6. The van der Waals surface area contributed by atoms with Crippen LogP contribution in [-0.2, 0) is 9.59 Å². The Morgan fingerprint density at radius 2 is 0.923 bits per heavy atom. The van der Waals surface area contributed by atoms with Crippen LogP contribution in [0.5, 0.6) is 11.5 Å². The summed E-state index contributed by atoms with van der Waals surface area (Å²) in [6, 6.07) is 18.0. The number of Topliss-reactive ketones (excluding diaryl/α,β-unsaturated/α-hetero) is 2. The van der Waals surface area contributed by atoms with E-state index in [0.29, 0.717) is 54.6 Å². The van der Waals surface area contributed by atoms with Crippen LogP contribution in [0.25, 0.3) is 33.4 Å². The number of aliphatic hydroxyl groups excluding tert-OH is 2. The highest BCUT2D eigenvalue weighted by atomic mass is 32.1. The van der Waals surface area contributed by atoms with Crippen molar-refractivity contribution in [2.75, 3.05) is 10.6 Å². The zero-order chi connectivity index (χ0) is 37.8. The van der Waals surface area contributed by atoms with E-state index in [1.807, 2.05) is 52.0 Å². The number of hydrogen-bond donors (Lipinski definition) is 8. The van der Waals surface area contributed by atoms with Crippen LogP contribution in [0.2, 0.25) is 0 Å². The molecule has 0 saturated heterocycles. The minimum absolute atomic E-state index is 0.0164. The molecule has 266 valence electrons. The van der Waals surface area contributed by atoms with E-state index in [1.54, 1.807) is 50.2 Å². The van der Waals surface area contributed by atoms with E-state index in [-0.39, 0.29) is 56.7 Å². The number of allylic oxidation sites excluding steroid dienone is 4. The predicted octanol–water partition coefficient (Wildman–Crippen LogP) is 9.88. The summed E-state index contributed by atoms with van der Waals surface area (Å²) in [6.07, 6.45) is 2.88. The van der Waals surface area contributed by atoms with Crippen LogP contribution in [0.3, 0.4) is 0 Å². The molecule has 0 fully saturated rings. The number of aliphatic hydroxyl groups is 2. The molecule has 4 aromatic carbocycles. The summed E-state index contributed by atoms with van der Waals surface area (Å²) in [6.45, 7) is 11.0. The van der Waals surface area contributed by atoms with Crippen LogP contribution >= 0.6 is 25.3 Å². The average molecular weight is 733 g/mol. The molecule has 0 amide bonds. The van der Waals surface area contributed by atoms with E-state index in [4.69, 9.17) is 0 Å². The second kappa shape index (κ2) is 14.0. The molecule has 10 heteroatoms. The first-order valence-corrected chi connectivity index (χ1v) is 17.7. The fraction of sp³-hybridized carbons (Fsp3) is 0.190. The highest BCUT2D eigenvalue weighted by Gasteiger charge is 2.38. The number of nitrogens with one attached hydrogen (secondary N) is 2. The number of thiol groups is 2. The molecule has 0 aliphatic heterocycles. The fourth-order valence-electron chi connectivity index (χ4n) is 7.12. The number of carbonyl (C=O) groups is 2. The molecule has 0 heterocycles. The van der Waals surface area contributed by atoms with E-state index in [2.05, 4.69) is 35.9 Å². The second-order valence-corrected chi connectivity index (χ2v) is 14.6. The van der Waals surface area contributed by atoms with Gasteiger partial charge in [0.1, 0.15) is 11.5 Å². The number of phenolic OH excluding ortho intramolecular Hbond substituents is 2. The number of phenols is 2. The van der Waals surface area contributed by atoms with Gasteiger partial charge in [0.2, 0.25) is 11.6 Å². The topological polar surface area (TPSA) is 139 Å². The first-order chi connectivity index (χ1) is 24.6. The van der Waals surface area contributed by atoms with Crippen LogP contribution in [0.4, 0.5) is 11.4 Å². The van der Waals surface area contributed by atoms with Crippen molar-refractivity contribution < 1.29 is 30.0 Å². The summed E-state index contributed by atoms with van der Waals surface area (Å²) in [7, 11) is 0. The van der Waals surface area contributed by atoms with E-state index in [1.165, 1.54) is 12.4 Å². The van der Waals surface area contributed by atoms with E-state index in [9.17, 15) is 30.0 Å². The lowest BCUT2D eigenvalue weighted by Gasteiger charge is -2.29. The van der Waals surface area contributed by atoms with Gasteiger partial charge >= 0.3 is 0 Å². The largest absolute Gasteiger partial charge is 0.507 e. The molecule has 0 radical (unpaired) electrons. The van der Waals surface area contributed by atoms with Crippen molar-refractivity contribution in [2.45, 2.75) is 51.3 Å². The van der Waals surface area contributed by atoms with E-state index >= 15 is 0 Å². The van der Waals surface area contributed by atoms with Crippen molar-refractivity contribution in [3.63, 3.8) is 0 Å². The Labute approximate surface area is 313 Å². The summed E-state index contributed by atoms with van der Waals surface area (Å²) < 4.78 is 0. The smallest absolute Gasteiger partial charge is 0.229 e. The molecule has 4 aromatic rings. The Morgan fingerprint density at radius 1 is 0.577 bits per heavy atom. The quantitative estimate of drug-likeness (QED) is 0.0694. The van der Waals surface area contributed by atoms with Gasteiger partial charge in [-0.2, -0.15) is 0 Å². The number of para-hydroxylation sites is 2. The number of fused-ring (bicyclic) bond motifs is 2. The third kappa shape index (κ3) is 6.05. The van der Waals surface area contributed by atoms with Gasteiger partial charge in [-0.1, -0.05) is 64.1 Å². The molecule has 0 atom stereocenters. The third-order valence-electron chi connectivity index (χ3n) is 9.50. The summed E-state index contributed by atoms with van der Waals surface area (Å²) in [5, 5.41) is 53.3. The SMILES string of the molecule is Cc1cc2c(c(O)c1-c1c(C)cc3c(c1O)C(=CNc1ccccc1S)C(=O)C(O)=C3C(C)C)C(=CNc1ccccc1S)C(=O)C(O)=C2C(C)C. The number of anilines is 2. The molecular formula is C42H40N2O6S2. The molecule has 0 spiro atoms. The van der Waals surface area contributed by atoms with E-state index in [0.717, 1.165) is 0 Å². The molecule has 6 rings (SSSR count). The molecule has 0 aromatic heterocycles. The van der Waals surface area contributed by atoms with Crippen LogP contribution in [0, 0.1) is 25.7 Å². The summed E-state index contributed by atoms with van der Waals surface area (Å²) in [5.74, 6) is -3.29. The van der Waals surface area contributed by atoms with Gasteiger partial charge in [0.15, 0.2) is 11.5 Å². The Bertz CT molecular complexity index is 2170. The third-order valence-corrected chi connectivity index (χ3v) is 10.3. The maximum Gasteiger partial charge on any atom is 0.229 e. The lowest BCUT2D eigenvalue weighted by Crippen LogP contribution is -2.20. The van der Waals surface area contributed by atoms with Gasteiger partial charge in [-0.15, -0.1) is 25.3 Å². The number of benzene rings is 4. The van der Waals surface area contributed by atoms with Crippen molar-refractivity contribution in [3.8, 4) is 22.6 Å². The minimum Gasteiger partial charge on any atom is -0.507 e. The maximum absolute atomic E-state index is 13.9. The highest BCUT2D eigenvalue weighted by Crippen LogP contribution is 2.53. The molecule has 8 nitrogen and oxygen atoms in total. The first kappa shape index (κ1) is 36.5. The summed E-state index contributed by atoms with van der Waals surface area (Å²) in [5.41, 5.74) is 4.96. The number of aryl methyl sites for hydroxylation is 2. The number of carbonyl (C=O) groups excluding carboxylic acids is 2. The lowest BCUT2D eigenvalue weighted by atomic mass is 9.75. The van der Waals surface area contributed by atoms with Crippen molar-refractivity contribution in [1.29, 1.82) is 0 Å². The fourth-order valence-corrected chi connectivity index (χ4v) is 7.57. The van der Waals surface area contributed by atoms with Gasteiger partial charge in [0, 0.05) is 55.6 Å². The summed E-state index contributed by atoms with van der Waals surface area (Å²) in [4.78, 5) is 29.0. The van der Waals surface area contributed by atoms with Crippen LogP contribution in [-0.4, -0.2) is 32.0 Å². The number of rotatable bonds is 7. The standard InChI is InChI=1S/C42H40N2O6S2/c1-19(2)31-23-15-21(5)33(39(47)35(23)25(37(45)41(31)49)17-43-27-11-7-9-13-29(27)51)34-22(6)16-24-32(20(3)4)42(50)38(46)26(36(24)40(34)48)18-44-28-12-8-10-14-30(28)52/h7-20,43-44,47-52H,1-6H3. The van der Waals surface area contributed by atoms with Gasteiger partial charge in [0.05, 0.1) is 22.5 Å². The van der Waals surface area contributed by atoms with Crippen LogP contribution < -0.4 is 10.6 Å². The molecule has 0 bridgehead atoms. The Hall–Kier alpha value is -5.32. The van der Waals surface area contributed by atoms with Gasteiger partial charge < -0.3 is 31.1 Å². The van der Waals surface area contributed by atoms with Gasteiger partial charge in [0.25, 0.3) is 0 Å². The predicted molar refractivity (Wildman–Crippen MR) is 214 cm³/mol. The molecule has 6 N–H and O–H groups in total. The van der Waals surface area contributed by atoms with Crippen molar-refractivity contribution in [2.24, 2.45) is 11.8 Å². The number of aromatic hydroxyl groups is 2. The van der Waals surface area contributed by atoms with Crippen LogP contribution in [0.1, 0.15) is 61.1 Å². The number of ketones is 2. The first-order valence-electron chi connectivity index (χ1n) is 16.9. The van der Waals surface area contributed by atoms with Crippen molar-refractivity contribution in [1.82, 2.24) is 0 Å². The number of hydrogen-bond acceptors (Lipinski definition) is 10.